The van der Waals surface area contributed by atoms with E-state index in [2.05, 4.69) is 33.2 Å². The average Bonchev–Trinajstić information content (AvgIpc) is 3.49. The molecule has 0 fully saturated rings. The Labute approximate surface area is 233 Å². The van der Waals surface area contributed by atoms with Crippen LogP contribution in [0.4, 0.5) is 8.78 Å². The van der Waals surface area contributed by atoms with Gasteiger partial charge in [-0.3, -0.25) is 24.6 Å². The summed E-state index contributed by atoms with van der Waals surface area (Å²) in [4.78, 5) is 26.5. The number of rotatable bonds is 12. The summed E-state index contributed by atoms with van der Waals surface area (Å²) >= 11 is 0. The number of alkyl halides is 2. The van der Waals surface area contributed by atoms with Crippen LogP contribution in [0.1, 0.15) is 35.2 Å². The number of halogens is 3. The quantitative estimate of drug-likeness (QED) is 0.293. The molecular formula is C27H36ClF2N7O2. The largest absolute Gasteiger partial charge is 0.353 e. The molecule has 0 saturated heterocycles. The second kappa shape index (κ2) is 13.8. The van der Waals surface area contributed by atoms with E-state index >= 15 is 0 Å². The molecule has 1 atom stereocenters. The number of likely N-dealkylation sites (N-methyl/N-ethyl adjacent to an activating group) is 2. The zero-order valence-corrected chi connectivity index (χ0v) is 23.2. The average molecular weight is 564 g/mol. The predicted octanol–water partition coefficient (Wildman–Crippen LogP) is 2.78. The summed E-state index contributed by atoms with van der Waals surface area (Å²) in [5, 5.41) is 17.5. The first-order valence-corrected chi connectivity index (χ1v) is 12.8. The SMILES string of the molecule is CCNCCNC(=O)C(NCC(=O)N(C)N1Cc2ccccc2C1)c1cc2c(cnn2CC(F)F)cc1C.Cl. The number of hydrogen-bond acceptors (Lipinski definition) is 6. The fourth-order valence-electron chi connectivity index (χ4n) is 4.73. The molecular weight excluding hydrogens is 528 g/mol. The van der Waals surface area contributed by atoms with Gasteiger partial charge >= 0.3 is 0 Å². The molecule has 1 aliphatic heterocycles. The lowest BCUT2D eigenvalue weighted by molar-refractivity contribution is -0.145. The first kappa shape index (κ1) is 30.4. The molecule has 1 unspecified atom stereocenters. The fourth-order valence-corrected chi connectivity index (χ4v) is 4.73. The van der Waals surface area contributed by atoms with E-state index in [-0.39, 0.29) is 30.8 Å². The third-order valence-corrected chi connectivity index (χ3v) is 6.83. The summed E-state index contributed by atoms with van der Waals surface area (Å²) < 4.78 is 27.5. The topological polar surface area (TPSA) is 94.5 Å². The molecule has 212 valence electrons. The second-order valence-electron chi connectivity index (χ2n) is 9.45. The Balaban J connectivity index is 0.00000420. The van der Waals surface area contributed by atoms with Crippen molar-refractivity contribution in [2.24, 2.45) is 0 Å². The monoisotopic (exact) mass is 563 g/mol. The van der Waals surface area contributed by atoms with Crippen molar-refractivity contribution in [3.05, 3.63) is 64.8 Å². The van der Waals surface area contributed by atoms with Crippen molar-refractivity contribution in [1.82, 2.24) is 35.7 Å². The maximum atomic E-state index is 13.3. The van der Waals surface area contributed by atoms with Crippen molar-refractivity contribution < 1.29 is 18.4 Å². The van der Waals surface area contributed by atoms with Crippen LogP contribution in [0.25, 0.3) is 10.9 Å². The molecule has 12 heteroatoms. The molecule has 0 bridgehead atoms. The van der Waals surface area contributed by atoms with E-state index < -0.39 is 19.0 Å². The number of nitrogens with one attached hydrogen (secondary N) is 3. The van der Waals surface area contributed by atoms with Crippen molar-refractivity contribution in [2.75, 3.05) is 33.2 Å². The molecule has 3 aromatic rings. The normalized spacial score (nSPS) is 13.8. The van der Waals surface area contributed by atoms with Gasteiger partial charge in [0.1, 0.15) is 12.6 Å². The van der Waals surface area contributed by atoms with E-state index in [1.807, 2.05) is 37.1 Å². The van der Waals surface area contributed by atoms with E-state index in [1.165, 1.54) is 15.8 Å². The van der Waals surface area contributed by atoms with Gasteiger partial charge in [-0.25, -0.2) is 13.8 Å². The van der Waals surface area contributed by atoms with E-state index in [1.54, 1.807) is 24.3 Å². The summed E-state index contributed by atoms with van der Waals surface area (Å²) in [5.74, 6) is -0.487. The standard InChI is InChI=1S/C27H35F2N7O2.ClH/c1-4-30-9-10-31-27(38)26(22-12-23-21(11-18(22)2)13-33-36(23)17-24(28)29)32-14-25(37)34(3)35-15-19-7-5-6-8-20(19)16-35;/h5-8,11-13,24,26,30,32H,4,9-10,14-17H2,1-3H3,(H,31,38);1H. The molecule has 0 saturated carbocycles. The van der Waals surface area contributed by atoms with Gasteiger partial charge in [0.05, 0.1) is 18.3 Å². The smallest absolute Gasteiger partial charge is 0.257 e. The van der Waals surface area contributed by atoms with Crippen LogP contribution in [0.3, 0.4) is 0 Å². The van der Waals surface area contributed by atoms with E-state index in [0.29, 0.717) is 42.6 Å². The van der Waals surface area contributed by atoms with Crippen LogP contribution in [-0.4, -0.2) is 71.3 Å². The number of benzene rings is 2. The van der Waals surface area contributed by atoms with Gasteiger partial charge in [-0.05, 0) is 47.9 Å². The predicted molar refractivity (Wildman–Crippen MR) is 148 cm³/mol. The molecule has 0 radical (unpaired) electrons. The van der Waals surface area contributed by atoms with Gasteiger partial charge in [0.15, 0.2) is 0 Å². The van der Waals surface area contributed by atoms with Crippen molar-refractivity contribution in [3.63, 3.8) is 0 Å². The van der Waals surface area contributed by atoms with Gasteiger partial charge in [0, 0.05) is 38.6 Å². The first-order valence-electron chi connectivity index (χ1n) is 12.8. The van der Waals surface area contributed by atoms with Gasteiger partial charge in [-0.2, -0.15) is 5.10 Å². The number of carbonyl (C=O) groups is 2. The molecule has 2 aromatic carbocycles. The zero-order valence-electron chi connectivity index (χ0n) is 22.4. The Morgan fingerprint density at radius 1 is 1.13 bits per heavy atom. The number of amides is 2. The van der Waals surface area contributed by atoms with E-state index in [9.17, 15) is 18.4 Å². The second-order valence-corrected chi connectivity index (χ2v) is 9.45. The number of carbonyl (C=O) groups excluding carboxylic acids is 2. The third-order valence-electron chi connectivity index (χ3n) is 6.83. The van der Waals surface area contributed by atoms with Crippen LogP contribution in [0.2, 0.25) is 0 Å². The maximum absolute atomic E-state index is 13.3. The van der Waals surface area contributed by atoms with Crippen LogP contribution in [0, 0.1) is 6.92 Å². The minimum absolute atomic E-state index is 0. The number of fused-ring (bicyclic) bond motifs is 2. The van der Waals surface area contributed by atoms with Gasteiger partial charge < -0.3 is 10.6 Å². The molecule has 1 aliphatic rings. The summed E-state index contributed by atoms with van der Waals surface area (Å²) in [5.41, 5.74) is 4.28. The van der Waals surface area contributed by atoms with E-state index in [0.717, 1.165) is 12.1 Å². The number of hydrazine groups is 1. The highest BCUT2D eigenvalue weighted by atomic mass is 35.5. The minimum Gasteiger partial charge on any atom is -0.353 e. The first-order chi connectivity index (χ1) is 18.3. The van der Waals surface area contributed by atoms with E-state index in [4.69, 9.17) is 0 Å². The number of nitrogens with zero attached hydrogens (tertiary/aromatic N) is 4. The Hall–Kier alpha value is -3.12. The Bertz CT molecular complexity index is 1260. The van der Waals surface area contributed by atoms with Crippen LogP contribution in [-0.2, 0) is 29.2 Å². The van der Waals surface area contributed by atoms with Gasteiger partial charge in [0.2, 0.25) is 5.91 Å². The zero-order chi connectivity index (χ0) is 27.2. The third kappa shape index (κ3) is 7.30. The van der Waals surface area contributed by atoms with Gasteiger partial charge in [-0.15, -0.1) is 12.4 Å². The van der Waals surface area contributed by atoms with Crippen molar-refractivity contribution in [1.29, 1.82) is 0 Å². The summed E-state index contributed by atoms with van der Waals surface area (Å²) in [6, 6.07) is 10.8. The minimum atomic E-state index is -2.56. The summed E-state index contributed by atoms with van der Waals surface area (Å²) in [6.45, 7) is 6.28. The summed E-state index contributed by atoms with van der Waals surface area (Å²) in [7, 11) is 1.72. The van der Waals surface area contributed by atoms with Crippen LogP contribution >= 0.6 is 12.4 Å². The molecule has 39 heavy (non-hydrogen) atoms. The molecule has 9 nitrogen and oxygen atoms in total. The highest BCUT2D eigenvalue weighted by molar-refractivity contribution is 5.88. The number of hydrogen-bond donors (Lipinski definition) is 3. The van der Waals surface area contributed by atoms with Crippen molar-refractivity contribution >= 4 is 35.1 Å². The Morgan fingerprint density at radius 3 is 2.46 bits per heavy atom. The lowest BCUT2D eigenvalue weighted by atomic mass is 9.98. The maximum Gasteiger partial charge on any atom is 0.257 e. The molecule has 1 aromatic heterocycles. The number of aryl methyl sites for hydroxylation is 1. The fraction of sp³-hybridized carbons (Fsp3) is 0.444. The lowest BCUT2D eigenvalue weighted by Crippen LogP contribution is -2.47. The molecule has 0 spiro atoms. The molecule has 2 amide bonds. The Morgan fingerprint density at radius 2 is 1.82 bits per heavy atom. The molecule has 3 N–H and O–H groups in total. The van der Waals surface area contributed by atoms with Crippen LogP contribution < -0.4 is 16.0 Å². The van der Waals surface area contributed by atoms with Crippen LogP contribution in [0.5, 0.6) is 0 Å². The lowest BCUT2D eigenvalue weighted by Gasteiger charge is -2.29. The molecule has 2 heterocycles. The van der Waals surface area contributed by atoms with Gasteiger partial charge in [0.25, 0.3) is 12.3 Å². The molecule has 4 rings (SSSR count). The Kier molecular flexibility index (Phi) is 10.8. The highest BCUT2D eigenvalue weighted by Gasteiger charge is 2.28. The van der Waals surface area contributed by atoms with Crippen molar-refractivity contribution in [3.8, 4) is 0 Å². The molecule has 0 aliphatic carbocycles. The van der Waals surface area contributed by atoms with Crippen molar-refractivity contribution in [2.45, 2.75) is 45.9 Å². The summed E-state index contributed by atoms with van der Waals surface area (Å²) in [6.07, 6.45) is -1.02. The van der Waals surface area contributed by atoms with Gasteiger partial charge in [-0.1, -0.05) is 31.2 Å². The number of aromatic nitrogens is 2. The van der Waals surface area contributed by atoms with Crippen LogP contribution in [0.15, 0.2) is 42.6 Å². The highest BCUT2D eigenvalue weighted by Crippen LogP contribution is 2.26.